The zero-order valence-electron chi connectivity index (χ0n) is 13.5. The van der Waals surface area contributed by atoms with Crippen molar-refractivity contribution in [2.75, 3.05) is 33.9 Å². The van der Waals surface area contributed by atoms with Crippen LogP contribution in [-0.2, 0) is 11.3 Å². The predicted molar refractivity (Wildman–Crippen MR) is 106 cm³/mol. The van der Waals surface area contributed by atoms with Gasteiger partial charge in [0.05, 0.1) is 6.61 Å². The van der Waals surface area contributed by atoms with Crippen molar-refractivity contribution in [2.24, 2.45) is 10.9 Å². The second-order valence-corrected chi connectivity index (χ2v) is 6.49. The Kier molecular flexibility index (Phi) is 9.38. The molecule has 0 spiro atoms. The van der Waals surface area contributed by atoms with Crippen LogP contribution >= 0.6 is 39.9 Å². The lowest BCUT2D eigenvalue weighted by Gasteiger charge is -2.22. The number of guanidine groups is 1. The van der Waals surface area contributed by atoms with E-state index in [1.165, 1.54) is 18.9 Å². The average molecular weight is 500 g/mol. The molecule has 0 aliphatic heterocycles. The van der Waals surface area contributed by atoms with E-state index in [0.29, 0.717) is 18.7 Å². The van der Waals surface area contributed by atoms with Gasteiger partial charge in [-0.2, -0.15) is 0 Å². The molecule has 0 saturated heterocycles. The first-order valence-electron chi connectivity index (χ1n) is 7.53. The SMILES string of the molecule is CN=C(NCc1cc(Br)ccc1F)N(C)CCOCC1CC1.I. The van der Waals surface area contributed by atoms with E-state index in [2.05, 4.69) is 26.2 Å². The topological polar surface area (TPSA) is 36.9 Å². The second-order valence-electron chi connectivity index (χ2n) is 5.58. The van der Waals surface area contributed by atoms with E-state index in [9.17, 15) is 4.39 Å². The highest BCUT2D eigenvalue weighted by molar-refractivity contribution is 14.0. The molecule has 0 unspecified atom stereocenters. The number of halogens is 3. The number of ether oxygens (including phenoxy) is 1. The summed E-state index contributed by atoms with van der Waals surface area (Å²) >= 11 is 3.36. The standard InChI is InChI=1S/C16H23BrFN3O.HI/c1-19-16(21(2)7-8-22-11-12-3-4-12)20-10-13-9-14(17)5-6-15(13)18;/h5-6,9,12H,3-4,7-8,10-11H2,1-2H3,(H,19,20);1H. The Hall–Kier alpha value is -0.410. The van der Waals surface area contributed by atoms with Crippen LogP contribution < -0.4 is 5.32 Å². The van der Waals surface area contributed by atoms with Crippen LogP contribution in [-0.4, -0.2) is 44.7 Å². The van der Waals surface area contributed by atoms with Gasteiger partial charge in [-0.15, -0.1) is 24.0 Å². The number of hydrogen-bond donors (Lipinski definition) is 1. The molecule has 1 saturated carbocycles. The summed E-state index contributed by atoms with van der Waals surface area (Å²) in [6.07, 6.45) is 2.61. The van der Waals surface area contributed by atoms with Crippen LogP contribution in [0.2, 0.25) is 0 Å². The smallest absolute Gasteiger partial charge is 0.193 e. The van der Waals surface area contributed by atoms with E-state index in [1.807, 2.05) is 11.9 Å². The van der Waals surface area contributed by atoms with Crippen LogP contribution in [0.5, 0.6) is 0 Å². The molecule has 130 valence electrons. The third-order valence-electron chi connectivity index (χ3n) is 3.64. The molecule has 0 heterocycles. The van der Waals surface area contributed by atoms with Gasteiger partial charge in [0.15, 0.2) is 5.96 Å². The number of likely N-dealkylation sites (N-methyl/N-ethyl adjacent to an activating group) is 1. The summed E-state index contributed by atoms with van der Waals surface area (Å²) < 4.78 is 20.2. The van der Waals surface area contributed by atoms with E-state index in [1.54, 1.807) is 19.2 Å². The number of nitrogens with zero attached hydrogens (tertiary/aromatic N) is 2. The molecule has 2 rings (SSSR count). The number of hydrogen-bond acceptors (Lipinski definition) is 2. The van der Waals surface area contributed by atoms with Crippen molar-refractivity contribution in [3.63, 3.8) is 0 Å². The molecule has 0 radical (unpaired) electrons. The largest absolute Gasteiger partial charge is 0.379 e. The summed E-state index contributed by atoms with van der Waals surface area (Å²) in [5, 5.41) is 3.18. The molecule has 0 atom stereocenters. The van der Waals surface area contributed by atoms with Gasteiger partial charge in [-0.1, -0.05) is 15.9 Å². The minimum atomic E-state index is -0.221. The zero-order valence-corrected chi connectivity index (χ0v) is 17.4. The molecular formula is C16H24BrFIN3O. The minimum Gasteiger partial charge on any atom is -0.379 e. The van der Waals surface area contributed by atoms with E-state index < -0.39 is 0 Å². The first-order chi connectivity index (χ1) is 10.6. The van der Waals surface area contributed by atoms with Crippen LogP contribution in [0.3, 0.4) is 0 Å². The summed E-state index contributed by atoms with van der Waals surface area (Å²) in [7, 11) is 3.67. The highest BCUT2D eigenvalue weighted by atomic mass is 127. The van der Waals surface area contributed by atoms with Crippen LogP contribution in [0, 0.1) is 11.7 Å². The van der Waals surface area contributed by atoms with Gasteiger partial charge in [0.1, 0.15) is 5.82 Å². The Bertz CT molecular complexity index is 526. The van der Waals surface area contributed by atoms with Gasteiger partial charge in [0.25, 0.3) is 0 Å². The maximum Gasteiger partial charge on any atom is 0.193 e. The number of aliphatic imine (C=N–C) groups is 1. The maximum atomic E-state index is 13.7. The van der Waals surface area contributed by atoms with Crippen LogP contribution in [0.15, 0.2) is 27.7 Å². The van der Waals surface area contributed by atoms with Crippen molar-refractivity contribution < 1.29 is 9.13 Å². The van der Waals surface area contributed by atoms with Crippen LogP contribution in [0.4, 0.5) is 4.39 Å². The molecule has 1 fully saturated rings. The van der Waals surface area contributed by atoms with Gasteiger partial charge in [-0.05, 0) is 37.0 Å². The Morgan fingerprint density at radius 3 is 2.87 bits per heavy atom. The maximum absolute atomic E-state index is 13.7. The molecule has 1 aromatic carbocycles. The minimum absolute atomic E-state index is 0. The Labute approximate surface area is 163 Å². The number of rotatable bonds is 7. The first-order valence-corrected chi connectivity index (χ1v) is 8.33. The van der Waals surface area contributed by atoms with Crippen LogP contribution in [0.1, 0.15) is 18.4 Å². The Morgan fingerprint density at radius 1 is 1.48 bits per heavy atom. The second kappa shape index (κ2) is 10.5. The Morgan fingerprint density at radius 2 is 2.22 bits per heavy atom. The fourth-order valence-corrected chi connectivity index (χ4v) is 2.49. The molecule has 0 aromatic heterocycles. The summed E-state index contributed by atoms with van der Waals surface area (Å²) in [5.41, 5.74) is 0.605. The van der Waals surface area contributed by atoms with Crippen LogP contribution in [0.25, 0.3) is 0 Å². The van der Waals surface area contributed by atoms with Crippen molar-refractivity contribution in [3.05, 3.63) is 34.1 Å². The quantitative estimate of drug-likeness (QED) is 0.269. The molecule has 1 aromatic rings. The molecule has 0 bridgehead atoms. The number of benzene rings is 1. The molecule has 0 amide bonds. The van der Waals surface area contributed by atoms with Crippen molar-refractivity contribution in [1.82, 2.24) is 10.2 Å². The molecule has 1 N–H and O–H groups in total. The van der Waals surface area contributed by atoms with E-state index >= 15 is 0 Å². The van der Waals surface area contributed by atoms with Crippen molar-refractivity contribution in [1.29, 1.82) is 0 Å². The van der Waals surface area contributed by atoms with Crippen molar-refractivity contribution >= 4 is 45.9 Å². The normalized spacial score (nSPS) is 14.3. The third kappa shape index (κ3) is 7.34. The summed E-state index contributed by atoms with van der Waals surface area (Å²) in [6.45, 7) is 2.70. The summed E-state index contributed by atoms with van der Waals surface area (Å²) in [6, 6.07) is 4.92. The van der Waals surface area contributed by atoms with E-state index in [-0.39, 0.29) is 29.8 Å². The molecule has 1 aliphatic carbocycles. The van der Waals surface area contributed by atoms with Gasteiger partial charge in [0.2, 0.25) is 0 Å². The van der Waals surface area contributed by atoms with Gasteiger partial charge < -0.3 is 15.0 Å². The molecule has 7 heteroatoms. The monoisotopic (exact) mass is 499 g/mol. The molecule has 1 aliphatic rings. The van der Waals surface area contributed by atoms with Gasteiger partial charge in [0, 0.05) is 43.8 Å². The lowest BCUT2D eigenvalue weighted by molar-refractivity contribution is 0.115. The molecule has 23 heavy (non-hydrogen) atoms. The van der Waals surface area contributed by atoms with E-state index in [0.717, 1.165) is 29.5 Å². The Balaban J connectivity index is 0.00000264. The predicted octanol–water partition coefficient (Wildman–Crippen LogP) is 3.64. The van der Waals surface area contributed by atoms with Gasteiger partial charge >= 0.3 is 0 Å². The number of nitrogens with one attached hydrogen (secondary N) is 1. The highest BCUT2D eigenvalue weighted by Gasteiger charge is 2.21. The summed E-state index contributed by atoms with van der Waals surface area (Å²) in [5.74, 6) is 1.29. The highest BCUT2D eigenvalue weighted by Crippen LogP contribution is 2.28. The fourth-order valence-electron chi connectivity index (χ4n) is 2.08. The van der Waals surface area contributed by atoms with Crippen molar-refractivity contribution in [2.45, 2.75) is 19.4 Å². The third-order valence-corrected chi connectivity index (χ3v) is 4.13. The van der Waals surface area contributed by atoms with E-state index in [4.69, 9.17) is 4.74 Å². The average Bonchev–Trinajstić information content (AvgIpc) is 3.32. The molecule has 4 nitrogen and oxygen atoms in total. The zero-order chi connectivity index (χ0) is 15.9. The lowest BCUT2D eigenvalue weighted by Crippen LogP contribution is -2.40. The fraction of sp³-hybridized carbons (Fsp3) is 0.562. The lowest BCUT2D eigenvalue weighted by atomic mass is 10.2. The molecular weight excluding hydrogens is 476 g/mol. The van der Waals surface area contributed by atoms with Gasteiger partial charge in [-0.25, -0.2) is 4.39 Å². The summed E-state index contributed by atoms with van der Waals surface area (Å²) in [4.78, 5) is 6.21. The van der Waals surface area contributed by atoms with Crippen molar-refractivity contribution in [3.8, 4) is 0 Å². The van der Waals surface area contributed by atoms with Gasteiger partial charge in [-0.3, -0.25) is 4.99 Å². The first kappa shape index (κ1) is 20.6.